The minimum absolute atomic E-state index is 0.299. The molecule has 0 bridgehead atoms. The van der Waals surface area contributed by atoms with Crippen LogP contribution < -0.4 is 0 Å². The van der Waals surface area contributed by atoms with Gasteiger partial charge in [-0.3, -0.25) is 4.79 Å². The zero-order chi connectivity index (χ0) is 22.9. The number of ketones is 1. The molecule has 5 N–H and O–H groups in total. The van der Waals surface area contributed by atoms with Gasteiger partial charge in [0.2, 0.25) is 0 Å². The Morgan fingerprint density at radius 3 is 1.48 bits per heavy atom. The van der Waals surface area contributed by atoms with Crippen molar-refractivity contribution in [3.05, 3.63) is 0 Å². The van der Waals surface area contributed by atoms with Crippen LogP contribution in [0.4, 0.5) is 0 Å². The second-order valence-corrected chi connectivity index (χ2v) is 7.85. The first kappa shape index (κ1) is 26.0. The number of aliphatic hydroxyl groups excluding tert-OH is 4. The van der Waals surface area contributed by atoms with Gasteiger partial charge in [-0.2, -0.15) is 0 Å². The smallest absolute Gasteiger partial charge is 0.335 e. The number of aliphatic hydroxyl groups is 4. The van der Waals surface area contributed by atoms with E-state index in [2.05, 4.69) is 6.92 Å². The van der Waals surface area contributed by atoms with E-state index in [-0.39, 0.29) is 6.42 Å². The van der Waals surface area contributed by atoms with Gasteiger partial charge in [0.1, 0.15) is 18.3 Å². The van der Waals surface area contributed by atoms with Crippen molar-refractivity contribution in [3.8, 4) is 0 Å². The van der Waals surface area contributed by atoms with Gasteiger partial charge < -0.3 is 25.5 Å². The number of carboxylic acid groups (broad SMARTS) is 1. The molecule has 7 heteroatoms. The van der Waals surface area contributed by atoms with Gasteiger partial charge in [-0.1, -0.05) is 90.4 Å². The Bertz CT molecular complexity index is 461. The van der Waals surface area contributed by atoms with Gasteiger partial charge in [0, 0.05) is 7.79 Å². The van der Waals surface area contributed by atoms with Crippen LogP contribution in [-0.4, -0.2) is 61.7 Å². The highest BCUT2D eigenvalue weighted by molar-refractivity contribution is 5.83. The van der Waals surface area contributed by atoms with E-state index in [1.165, 1.54) is 57.8 Å². The average molecular weight is 420 g/mol. The third-order valence-corrected chi connectivity index (χ3v) is 5.19. The second kappa shape index (κ2) is 17.8. The summed E-state index contributed by atoms with van der Waals surface area (Å²) < 4.78 is 7.92. The van der Waals surface area contributed by atoms with E-state index in [9.17, 15) is 30.0 Å². The molecule has 1 unspecified atom stereocenters. The van der Waals surface area contributed by atoms with Gasteiger partial charge in [-0.15, -0.1) is 0 Å². The molecule has 29 heavy (non-hydrogen) atoms. The highest BCUT2D eigenvalue weighted by atomic mass is 16.4. The predicted molar refractivity (Wildman–Crippen MR) is 112 cm³/mol. The molecular weight excluding hydrogens is 376 g/mol. The molecule has 0 aromatic carbocycles. The van der Waals surface area contributed by atoms with Crippen molar-refractivity contribution in [1.82, 2.24) is 0 Å². The SMILES string of the molecule is [2H]C(CCCCCCCCCCCCCC)CC(=O)[C@H](O)[C@@H](O)[C@H](O)[C@H](O)C(=O)O. The topological polar surface area (TPSA) is 135 Å². The lowest BCUT2D eigenvalue weighted by atomic mass is 9.97. The largest absolute Gasteiger partial charge is 0.479 e. The zero-order valence-electron chi connectivity index (χ0n) is 18.8. The Morgan fingerprint density at radius 2 is 1.07 bits per heavy atom. The van der Waals surface area contributed by atoms with E-state index in [1.54, 1.807) is 0 Å². The Labute approximate surface area is 176 Å². The third kappa shape index (κ3) is 13.8. The van der Waals surface area contributed by atoms with Gasteiger partial charge in [0.05, 0.1) is 0 Å². The van der Waals surface area contributed by atoms with Gasteiger partial charge >= 0.3 is 5.97 Å². The van der Waals surface area contributed by atoms with E-state index in [4.69, 9.17) is 6.48 Å². The highest BCUT2D eigenvalue weighted by Gasteiger charge is 2.36. The zero-order valence-corrected chi connectivity index (χ0v) is 17.8. The van der Waals surface area contributed by atoms with Crippen LogP contribution in [0.1, 0.15) is 105 Å². The lowest BCUT2D eigenvalue weighted by Gasteiger charge is -2.23. The van der Waals surface area contributed by atoms with Crippen molar-refractivity contribution >= 4 is 11.8 Å². The maximum absolute atomic E-state index is 11.9. The number of carbonyl (C=O) groups excluding carboxylic acids is 1. The van der Waals surface area contributed by atoms with Gasteiger partial charge in [-0.25, -0.2) is 4.79 Å². The lowest BCUT2D eigenvalue weighted by molar-refractivity contribution is -0.165. The maximum Gasteiger partial charge on any atom is 0.335 e. The number of unbranched alkanes of at least 4 members (excludes halogenated alkanes) is 11. The van der Waals surface area contributed by atoms with Crippen LogP contribution in [0.3, 0.4) is 0 Å². The molecule has 0 spiro atoms. The standard InChI is InChI=1S/C22H42O7/c1-2-3-4-5-6-7-8-9-10-11-12-13-14-15-16-17(23)18(24)19(25)20(26)21(27)22(28)29/h18-21,24-27H,2-16H2,1H3,(H,28,29)/t18-,19+,20-,21-/m0/s1/i15D/t15?,18-,19+,20-,21-. The Hall–Kier alpha value is -1.02. The van der Waals surface area contributed by atoms with Crippen LogP contribution in [0.25, 0.3) is 0 Å². The van der Waals surface area contributed by atoms with Gasteiger partial charge in [0.25, 0.3) is 0 Å². The van der Waals surface area contributed by atoms with E-state index < -0.39 is 42.6 Å². The summed E-state index contributed by atoms with van der Waals surface area (Å²) in [5.41, 5.74) is 0. The molecule has 0 rings (SSSR count). The maximum atomic E-state index is 11.9. The van der Waals surface area contributed by atoms with Crippen molar-refractivity contribution < 1.29 is 36.5 Å². The molecular formula is C22H42O7. The van der Waals surface area contributed by atoms with Crippen molar-refractivity contribution in [1.29, 1.82) is 0 Å². The second-order valence-electron chi connectivity index (χ2n) is 7.85. The fourth-order valence-corrected chi connectivity index (χ4v) is 3.20. The van der Waals surface area contributed by atoms with Crippen molar-refractivity contribution in [2.45, 2.75) is 128 Å². The first-order valence-corrected chi connectivity index (χ1v) is 11.1. The molecule has 0 aliphatic rings. The summed E-state index contributed by atoms with van der Waals surface area (Å²) in [5.74, 6) is -2.62. The van der Waals surface area contributed by atoms with Crippen LogP contribution in [0.15, 0.2) is 0 Å². The minimum Gasteiger partial charge on any atom is -0.479 e. The number of rotatable bonds is 20. The normalized spacial score (nSPS) is 17.2. The first-order chi connectivity index (χ1) is 14.2. The average Bonchev–Trinajstić information content (AvgIpc) is 2.72. The van der Waals surface area contributed by atoms with E-state index in [0.717, 1.165) is 19.3 Å². The van der Waals surface area contributed by atoms with E-state index >= 15 is 0 Å². The molecule has 7 nitrogen and oxygen atoms in total. The molecule has 0 amide bonds. The number of carboxylic acids is 1. The molecule has 0 aliphatic heterocycles. The minimum atomic E-state index is -2.31. The fourth-order valence-electron chi connectivity index (χ4n) is 3.20. The molecule has 0 heterocycles. The van der Waals surface area contributed by atoms with E-state index in [1.807, 2.05) is 0 Å². The van der Waals surface area contributed by atoms with Crippen LogP contribution >= 0.6 is 0 Å². The number of carbonyl (C=O) groups is 2. The van der Waals surface area contributed by atoms with Crippen molar-refractivity contribution in [2.24, 2.45) is 0 Å². The number of hydrogen-bond donors (Lipinski definition) is 5. The predicted octanol–water partition coefficient (Wildman–Crippen LogP) is 2.96. The Balaban J connectivity index is 3.82. The molecule has 5 atom stereocenters. The molecule has 0 aromatic heterocycles. The summed E-state index contributed by atoms with van der Waals surface area (Å²) in [6, 6.07) is 0. The van der Waals surface area contributed by atoms with Crippen molar-refractivity contribution in [2.75, 3.05) is 0 Å². The van der Waals surface area contributed by atoms with Crippen LogP contribution in [0.2, 0.25) is 0 Å². The van der Waals surface area contributed by atoms with Gasteiger partial charge in [0.15, 0.2) is 11.9 Å². The molecule has 0 fully saturated rings. The summed E-state index contributed by atoms with van der Waals surface area (Å²) in [4.78, 5) is 22.5. The number of aliphatic carboxylic acids is 1. The highest BCUT2D eigenvalue weighted by Crippen LogP contribution is 2.14. The first-order valence-electron chi connectivity index (χ1n) is 11.7. The van der Waals surface area contributed by atoms with Crippen LogP contribution in [0.5, 0.6) is 0 Å². The molecule has 172 valence electrons. The summed E-state index contributed by atoms with van der Waals surface area (Å²) in [5, 5.41) is 46.7. The Morgan fingerprint density at radius 1 is 0.690 bits per heavy atom. The van der Waals surface area contributed by atoms with Gasteiger partial charge in [-0.05, 0) is 6.40 Å². The molecule has 0 radical (unpaired) electrons. The number of Topliss-reactive ketones (excluding diaryl/α,β-unsaturated/α-hetero) is 1. The van der Waals surface area contributed by atoms with E-state index in [0.29, 0.717) is 6.42 Å². The summed E-state index contributed by atoms with van der Waals surface area (Å²) >= 11 is 0. The van der Waals surface area contributed by atoms with Crippen LogP contribution in [-0.2, 0) is 9.59 Å². The Kier molecular flexibility index (Phi) is 16.0. The molecule has 0 saturated carbocycles. The van der Waals surface area contributed by atoms with Crippen LogP contribution in [0, 0.1) is 0 Å². The van der Waals surface area contributed by atoms with Crippen molar-refractivity contribution in [3.63, 3.8) is 0 Å². The number of hydrogen-bond acceptors (Lipinski definition) is 6. The quantitative estimate of drug-likeness (QED) is 0.191. The molecule has 0 saturated heterocycles. The summed E-state index contributed by atoms with van der Waals surface area (Å²) in [6.07, 6.45) is 5.24. The molecule has 0 aromatic rings. The lowest BCUT2D eigenvalue weighted by Crippen LogP contribution is -2.50. The molecule has 0 aliphatic carbocycles. The monoisotopic (exact) mass is 419 g/mol. The summed E-state index contributed by atoms with van der Waals surface area (Å²) in [7, 11) is 0. The summed E-state index contributed by atoms with van der Waals surface area (Å²) in [6.45, 7) is 2.22. The fraction of sp³-hybridized carbons (Fsp3) is 0.909. The third-order valence-electron chi connectivity index (χ3n) is 5.19.